The first-order valence-corrected chi connectivity index (χ1v) is 7.68. The van der Waals surface area contributed by atoms with Crippen molar-refractivity contribution in [2.45, 2.75) is 39.3 Å². The first-order valence-electron chi connectivity index (χ1n) is 6.80. The van der Waals surface area contributed by atoms with E-state index < -0.39 is 0 Å². The van der Waals surface area contributed by atoms with Gasteiger partial charge < -0.3 is 10.1 Å². The Balaban J connectivity index is 1.93. The highest BCUT2D eigenvalue weighted by atomic mass is 32.1. The van der Waals surface area contributed by atoms with Crippen molar-refractivity contribution < 1.29 is 4.74 Å². The maximum atomic E-state index is 5.77. The van der Waals surface area contributed by atoms with E-state index in [-0.39, 0.29) is 5.41 Å². The van der Waals surface area contributed by atoms with Crippen LogP contribution in [0.1, 0.15) is 37.0 Å². The minimum absolute atomic E-state index is 0.109. The van der Waals surface area contributed by atoms with Gasteiger partial charge in [0, 0.05) is 17.3 Å². The van der Waals surface area contributed by atoms with Gasteiger partial charge in [0.05, 0.1) is 10.7 Å². The molecule has 0 aliphatic carbocycles. The summed E-state index contributed by atoms with van der Waals surface area (Å²) in [6.45, 7) is 7.93. The van der Waals surface area contributed by atoms with Crippen LogP contribution in [-0.4, -0.2) is 12.0 Å². The van der Waals surface area contributed by atoms with Crippen LogP contribution in [0.25, 0.3) is 0 Å². The molecule has 0 amide bonds. The second kappa shape index (κ2) is 6.37. The van der Waals surface area contributed by atoms with Gasteiger partial charge in [-0.15, -0.1) is 11.3 Å². The van der Waals surface area contributed by atoms with Crippen molar-refractivity contribution in [3.63, 3.8) is 0 Å². The molecular weight excluding hydrogens is 268 g/mol. The van der Waals surface area contributed by atoms with Crippen LogP contribution in [-0.2, 0) is 18.6 Å². The lowest BCUT2D eigenvalue weighted by Gasteiger charge is -2.13. The van der Waals surface area contributed by atoms with Crippen LogP contribution in [0, 0.1) is 0 Å². The van der Waals surface area contributed by atoms with E-state index in [1.807, 2.05) is 19.2 Å². The molecule has 0 saturated carbocycles. The average molecular weight is 290 g/mol. The Bertz CT molecular complexity index is 540. The van der Waals surface area contributed by atoms with Crippen molar-refractivity contribution in [1.29, 1.82) is 0 Å². The second-order valence-electron chi connectivity index (χ2n) is 5.86. The predicted octanol–water partition coefficient (Wildman–Crippen LogP) is 3.74. The van der Waals surface area contributed by atoms with Crippen LogP contribution in [0.15, 0.2) is 29.6 Å². The van der Waals surface area contributed by atoms with Crippen molar-refractivity contribution in [1.82, 2.24) is 10.3 Å². The summed E-state index contributed by atoms with van der Waals surface area (Å²) in [5.74, 6) is 0.884. The third-order valence-corrected chi connectivity index (χ3v) is 4.20. The molecule has 1 aromatic carbocycles. The van der Waals surface area contributed by atoms with Crippen LogP contribution in [0.5, 0.6) is 5.75 Å². The van der Waals surface area contributed by atoms with Crippen molar-refractivity contribution >= 4 is 11.3 Å². The topological polar surface area (TPSA) is 34.1 Å². The minimum atomic E-state index is 0.109. The third-order valence-electron chi connectivity index (χ3n) is 2.88. The second-order valence-corrected chi connectivity index (χ2v) is 6.72. The molecule has 0 spiro atoms. The Hall–Kier alpha value is -1.39. The normalized spacial score (nSPS) is 11.6. The van der Waals surface area contributed by atoms with E-state index in [9.17, 15) is 0 Å². The molecule has 1 heterocycles. The number of nitrogens with zero attached hydrogens (tertiary/aromatic N) is 1. The molecule has 1 aromatic heterocycles. The molecule has 0 fully saturated rings. The number of nitrogens with one attached hydrogen (secondary N) is 1. The lowest BCUT2D eigenvalue weighted by atomic mass is 9.98. The highest BCUT2D eigenvalue weighted by Gasteiger charge is 2.17. The molecule has 0 aliphatic rings. The molecule has 0 radical (unpaired) electrons. The van der Waals surface area contributed by atoms with Crippen LogP contribution < -0.4 is 10.1 Å². The zero-order chi connectivity index (χ0) is 14.6. The molecule has 2 rings (SSSR count). The highest BCUT2D eigenvalue weighted by Crippen LogP contribution is 2.26. The predicted molar refractivity (Wildman–Crippen MR) is 84.4 cm³/mol. The van der Waals surface area contributed by atoms with E-state index in [0.29, 0.717) is 6.61 Å². The third kappa shape index (κ3) is 4.05. The zero-order valence-corrected chi connectivity index (χ0v) is 13.4. The fourth-order valence-electron chi connectivity index (χ4n) is 1.78. The van der Waals surface area contributed by atoms with Crippen LogP contribution in [0.3, 0.4) is 0 Å². The fourth-order valence-corrected chi connectivity index (χ4v) is 2.67. The monoisotopic (exact) mass is 290 g/mol. The number of rotatable bonds is 5. The Morgan fingerprint density at radius 3 is 2.45 bits per heavy atom. The molecule has 108 valence electrons. The summed E-state index contributed by atoms with van der Waals surface area (Å²) >= 11 is 1.70. The quantitative estimate of drug-likeness (QED) is 0.911. The SMILES string of the molecule is CNCc1ccc(OCc2csc(C(C)(C)C)n2)cc1. The summed E-state index contributed by atoms with van der Waals surface area (Å²) in [5.41, 5.74) is 2.36. The van der Waals surface area contributed by atoms with Crippen LogP contribution in [0.4, 0.5) is 0 Å². The van der Waals surface area contributed by atoms with Crippen molar-refractivity contribution in [3.8, 4) is 5.75 Å². The largest absolute Gasteiger partial charge is 0.487 e. The maximum absolute atomic E-state index is 5.77. The van der Waals surface area contributed by atoms with Gasteiger partial charge in [-0.1, -0.05) is 32.9 Å². The van der Waals surface area contributed by atoms with Crippen molar-refractivity contribution in [2.24, 2.45) is 0 Å². The van der Waals surface area contributed by atoms with Gasteiger partial charge in [0.25, 0.3) is 0 Å². The van der Waals surface area contributed by atoms with Crippen LogP contribution in [0.2, 0.25) is 0 Å². The van der Waals surface area contributed by atoms with E-state index >= 15 is 0 Å². The standard InChI is InChI=1S/C16H22N2OS/c1-16(2,3)15-18-13(11-20-15)10-19-14-7-5-12(6-8-14)9-17-4/h5-8,11,17H,9-10H2,1-4H3. The van der Waals surface area contributed by atoms with E-state index in [0.717, 1.165) is 23.0 Å². The van der Waals surface area contributed by atoms with E-state index in [2.05, 4.69) is 48.6 Å². The van der Waals surface area contributed by atoms with E-state index in [4.69, 9.17) is 4.74 Å². The summed E-state index contributed by atoms with van der Waals surface area (Å²) in [4.78, 5) is 4.63. The van der Waals surface area contributed by atoms with Gasteiger partial charge in [0.2, 0.25) is 0 Å². The summed E-state index contributed by atoms with van der Waals surface area (Å²) in [6, 6.07) is 8.16. The highest BCUT2D eigenvalue weighted by molar-refractivity contribution is 7.09. The number of hydrogen-bond acceptors (Lipinski definition) is 4. The molecule has 0 bridgehead atoms. The number of thiazole rings is 1. The number of benzene rings is 1. The maximum Gasteiger partial charge on any atom is 0.131 e. The van der Waals surface area contributed by atoms with Gasteiger partial charge in [-0.2, -0.15) is 0 Å². The summed E-state index contributed by atoms with van der Waals surface area (Å²) in [5, 5.41) is 6.36. The Kier molecular flexibility index (Phi) is 4.78. The molecule has 0 unspecified atom stereocenters. The molecule has 4 heteroatoms. The molecule has 3 nitrogen and oxygen atoms in total. The fraction of sp³-hybridized carbons (Fsp3) is 0.438. The molecule has 0 saturated heterocycles. The summed E-state index contributed by atoms with van der Waals surface area (Å²) in [7, 11) is 1.94. The van der Waals surface area contributed by atoms with Gasteiger partial charge >= 0.3 is 0 Å². The number of aromatic nitrogens is 1. The van der Waals surface area contributed by atoms with E-state index in [1.54, 1.807) is 11.3 Å². The molecule has 1 N–H and O–H groups in total. The first-order chi connectivity index (χ1) is 9.49. The van der Waals surface area contributed by atoms with Crippen molar-refractivity contribution in [3.05, 3.63) is 45.9 Å². The van der Waals surface area contributed by atoms with Crippen molar-refractivity contribution in [2.75, 3.05) is 7.05 Å². The minimum Gasteiger partial charge on any atom is -0.487 e. The lowest BCUT2D eigenvalue weighted by Crippen LogP contribution is -2.10. The van der Waals surface area contributed by atoms with E-state index in [1.165, 1.54) is 5.56 Å². The first kappa shape index (κ1) is 15.0. The van der Waals surface area contributed by atoms with Gasteiger partial charge in [0.15, 0.2) is 0 Å². The Labute approximate surface area is 125 Å². The molecule has 2 aromatic rings. The lowest BCUT2D eigenvalue weighted by molar-refractivity contribution is 0.301. The summed E-state index contributed by atoms with van der Waals surface area (Å²) < 4.78 is 5.77. The van der Waals surface area contributed by atoms with Gasteiger partial charge in [-0.3, -0.25) is 0 Å². The molecule has 20 heavy (non-hydrogen) atoms. The number of hydrogen-bond donors (Lipinski definition) is 1. The summed E-state index contributed by atoms with van der Waals surface area (Å²) in [6.07, 6.45) is 0. The molecular formula is C16H22N2OS. The number of ether oxygens (including phenoxy) is 1. The van der Waals surface area contributed by atoms with Gasteiger partial charge in [-0.25, -0.2) is 4.98 Å². The molecule has 0 aliphatic heterocycles. The van der Waals surface area contributed by atoms with Crippen LogP contribution >= 0.6 is 11.3 Å². The Morgan fingerprint density at radius 2 is 1.90 bits per heavy atom. The zero-order valence-electron chi connectivity index (χ0n) is 12.6. The molecule has 0 atom stereocenters. The smallest absolute Gasteiger partial charge is 0.131 e. The average Bonchev–Trinajstić information content (AvgIpc) is 2.87. The Morgan fingerprint density at radius 1 is 1.20 bits per heavy atom. The van der Waals surface area contributed by atoms with Gasteiger partial charge in [-0.05, 0) is 24.7 Å². The van der Waals surface area contributed by atoms with Gasteiger partial charge in [0.1, 0.15) is 12.4 Å².